The van der Waals surface area contributed by atoms with Crippen LogP contribution in [0.2, 0.25) is 0 Å². The number of halogens is 4. The van der Waals surface area contributed by atoms with E-state index in [0.29, 0.717) is 12.0 Å². The number of benzene rings is 1. The summed E-state index contributed by atoms with van der Waals surface area (Å²) < 4.78 is 60.2. The Labute approximate surface area is 236 Å². The van der Waals surface area contributed by atoms with Crippen LogP contribution in [0.15, 0.2) is 53.0 Å². The molecule has 10 nitrogen and oxygen atoms in total. The molecule has 0 saturated heterocycles. The van der Waals surface area contributed by atoms with Gasteiger partial charge in [-0.1, -0.05) is 32.1 Å². The van der Waals surface area contributed by atoms with Crippen molar-refractivity contribution in [2.75, 3.05) is 11.9 Å². The number of hydrogen-bond acceptors (Lipinski definition) is 6. The van der Waals surface area contributed by atoms with Gasteiger partial charge in [-0.05, 0) is 30.9 Å². The minimum absolute atomic E-state index is 0.0155. The quantitative estimate of drug-likeness (QED) is 0.253. The Bertz CT molecular complexity index is 1490. The van der Waals surface area contributed by atoms with Crippen molar-refractivity contribution in [1.29, 1.82) is 0 Å². The molecule has 2 aromatic rings. The highest BCUT2D eigenvalue weighted by atomic mass is 19.2. The van der Waals surface area contributed by atoms with E-state index in [2.05, 4.69) is 15.4 Å². The lowest BCUT2D eigenvalue weighted by Crippen LogP contribution is -2.48. The molecule has 14 heteroatoms. The Morgan fingerprint density at radius 3 is 2.38 bits per heavy atom. The fraction of sp³-hybridized carbons (Fsp3) is 0.321. The fourth-order valence-corrected chi connectivity index (χ4v) is 4.06. The van der Waals surface area contributed by atoms with Crippen LogP contribution in [0.5, 0.6) is 5.75 Å². The third-order valence-corrected chi connectivity index (χ3v) is 6.34. The van der Waals surface area contributed by atoms with Gasteiger partial charge in [-0.25, -0.2) is 8.78 Å². The van der Waals surface area contributed by atoms with Gasteiger partial charge < -0.3 is 25.0 Å². The number of aromatic nitrogens is 1. The Kier molecular flexibility index (Phi) is 10.4. The number of carboxylic acid groups (broad SMARTS) is 1. The van der Waals surface area contributed by atoms with Gasteiger partial charge >= 0.3 is 5.97 Å². The van der Waals surface area contributed by atoms with Crippen LogP contribution in [-0.4, -0.2) is 45.9 Å². The summed E-state index contributed by atoms with van der Waals surface area (Å²) in [5.74, 6) is -12.9. The lowest BCUT2D eigenvalue weighted by atomic mass is 9.98. The van der Waals surface area contributed by atoms with E-state index >= 15 is 0 Å². The number of anilines is 1. The van der Waals surface area contributed by atoms with E-state index in [9.17, 15) is 46.6 Å². The summed E-state index contributed by atoms with van der Waals surface area (Å²) in [5, 5.41) is 13.9. The van der Waals surface area contributed by atoms with Crippen molar-refractivity contribution in [3.8, 4) is 5.75 Å². The molecule has 0 spiro atoms. The number of nitrogens with zero attached hydrogens (tertiary/aromatic N) is 1. The molecule has 3 rings (SSSR count). The molecule has 0 radical (unpaired) electrons. The molecule has 224 valence electrons. The number of carboxylic acids is 1. The smallest absolute Gasteiger partial charge is 0.305 e. The summed E-state index contributed by atoms with van der Waals surface area (Å²) in [7, 11) is 0. The van der Waals surface area contributed by atoms with Gasteiger partial charge in [0.2, 0.25) is 17.5 Å². The molecule has 1 unspecified atom stereocenters. The van der Waals surface area contributed by atoms with Crippen LogP contribution in [-0.2, 0) is 19.2 Å². The molecule has 3 N–H and O–H groups in total. The van der Waals surface area contributed by atoms with Gasteiger partial charge in [0.15, 0.2) is 23.2 Å². The number of nitrogens with one attached hydrogen (secondary N) is 2. The Morgan fingerprint density at radius 1 is 1.14 bits per heavy atom. The van der Waals surface area contributed by atoms with Gasteiger partial charge in [-0.3, -0.25) is 24.0 Å². The second-order valence-corrected chi connectivity index (χ2v) is 9.46. The third kappa shape index (κ3) is 7.50. The first-order valence-electron chi connectivity index (χ1n) is 12.8. The lowest BCUT2D eigenvalue weighted by Gasteiger charge is -2.22. The molecule has 1 heterocycles. The summed E-state index contributed by atoms with van der Waals surface area (Å²) >= 11 is 0. The SMILES string of the molecule is CC[C@@H](C(=O)N[C@@H](CC(=O)O)C(=O)COc1c(F)c(F)cc(F)c1F)n1cccc(NC(=O)C2=CCC(C)C=C2)c1=O. The number of pyridine rings is 1. The largest absolute Gasteiger partial charge is 0.481 e. The predicted octanol–water partition coefficient (Wildman–Crippen LogP) is 3.42. The van der Waals surface area contributed by atoms with Crippen LogP contribution >= 0.6 is 0 Å². The average Bonchev–Trinajstić information content (AvgIpc) is 2.93. The Morgan fingerprint density at radius 2 is 1.81 bits per heavy atom. The monoisotopic (exact) mass is 593 g/mol. The fourth-order valence-electron chi connectivity index (χ4n) is 4.06. The first-order chi connectivity index (χ1) is 19.8. The van der Waals surface area contributed by atoms with Crippen molar-refractivity contribution < 1.29 is 46.6 Å². The number of carbonyl (C=O) groups excluding carboxylic acids is 3. The Balaban J connectivity index is 1.78. The zero-order valence-electron chi connectivity index (χ0n) is 22.5. The summed E-state index contributed by atoms with van der Waals surface area (Å²) in [6, 6.07) is -0.417. The molecule has 1 aromatic carbocycles. The van der Waals surface area contributed by atoms with Gasteiger partial charge in [0, 0.05) is 17.8 Å². The predicted molar refractivity (Wildman–Crippen MR) is 141 cm³/mol. The van der Waals surface area contributed by atoms with Crippen LogP contribution in [0, 0.1) is 29.2 Å². The summed E-state index contributed by atoms with van der Waals surface area (Å²) in [5.41, 5.74) is -0.546. The molecule has 2 amide bonds. The van der Waals surface area contributed by atoms with Gasteiger partial charge in [-0.2, -0.15) is 8.78 Å². The van der Waals surface area contributed by atoms with Crippen molar-refractivity contribution >= 4 is 29.3 Å². The van der Waals surface area contributed by atoms with Crippen molar-refractivity contribution in [3.05, 3.63) is 81.8 Å². The number of ether oxygens (including phenoxy) is 1. The number of amides is 2. The van der Waals surface area contributed by atoms with Crippen LogP contribution in [0.1, 0.15) is 39.2 Å². The molecule has 3 atom stereocenters. The third-order valence-electron chi connectivity index (χ3n) is 6.34. The topological polar surface area (TPSA) is 144 Å². The molecule has 0 saturated carbocycles. The van der Waals surface area contributed by atoms with Crippen LogP contribution in [0.25, 0.3) is 0 Å². The molecular formula is C28H27F4N3O7. The van der Waals surface area contributed by atoms with Crippen molar-refractivity contribution in [2.24, 2.45) is 5.92 Å². The molecule has 42 heavy (non-hydrogen) atoms. The maximum absolute atomic E-state index is 13.9. The number of aliphatic carboxylic acids is 1. The number of hydrogen-bond donors (Lipinski definition) is 3. The van der Waals surface area contributed by atoms with Gasteiger partial charge in [0.1, 0.15) is 24.4 Å². The van der Waals surface area contributed by atoms with Crippen LogP contribution < -0.4 is 20.9 Å². The maximum atomic E-state index is 13.9. The zero-order chi connectivity index (χ0) is 31.1. The summed E-state index contributed by atoms with van der Waals surface area (Å²) in [6.45, 7) is 2.25. The number of rotatable bonds is 12. The van der Waals surface area contributed by atoms with Crippen molar-refractivity contribution in [3.63, 3.8) is 0 Å². The molecule has 1 aliphatic rings. The van der Waals surface area contributed by atoms with Gasteiger partial charge in [-0.15, -0.1) is 0 Å². The number of ketones is 1. The molecule has 1 aliphatic carbocycles. The normalized spacial score (nSPS) is 15.8. The first-order valence-corrected chi connectivity index (χ1v) is 12.8. The second kappa shape index (κ2) is 13.7. The van der Waals surface area contributed by atoms with E-state index in [1.54, 1.807) is 12.2 Å². The summed E-state index contributed by atoms with van der Waals surface area (Å²) in [6.07, 6.45) is 6.09. The molecule has 1 aromatic heterocycles. The van der Waals surface area contributed by atoms with E-state index < -0.39 is 83.3 Å². The minimum Gasteiger partial charge on any atom is -0.481 e. The number of carbonyl (C=O) groups is 4. The maximum Gasteiger partial charge on any atom is 0.305 e. The van der Waals surface area contributed by atoms with E-state index in [-0.39, 0.29) is 24.1 Å². The van der Waals surface area contributed by atoms with E-state index in [1.807, 2.05) is 13.0 Å². The molecule has 0 fully saturated rings. The molecular weight excluding hydrogens is 566 g/mol. The number of allylic oxidation sites excluding steroid dienone is 2. The van der Waals surface area contributed by atoms with E-state index in [0.717, 1.165) is 4.57 Å². The molecule has 0 bridgehead atoms. The van der Waals surface area contributed by atoms with Gasteiger partial charge in [0.05, 0.1) is 6.42 Å². The lowest BCUT2D eigenvalue weighted by molar-refractivity contribution is -0.140. The highest BCUT2D eigenvalue weighted by molar-refractivity contribution is 6.05. The van der Waals surface area contributed by atoms with Gasteiger partial charge in [0.25, 0.3) is 11.5 Å². The van der Waals surface area contributed by atoms with Crippen molar-refractivity contribution in [2.45, 2.75) is 45.2 Å². The van der Waals surface area contributed by atoms with Crippen LogP contribution in [0.4, 0.5) is 23.2 Å². The highest BCUT2D eigenvalue weighted by Gasteiger charge is 2.30. The number of Topliss-reactive ketones (excluding diaryl/α,β-unsaturated/α-hetero) is 1. The summed E-state index contributed by atoms with van der Waals surface area (Å²) in [4.78, 5) is 62.9. The van der Waals surface area contributed by atoms with E-state index in [4.69, 9.17) is 0 Å². The zero-order valence-corrected chi connectivity index (χ0v) is 22.5. The second-order valence-electron chi connectivity index (χ2n) is 9.46. The molecule has 0 aliphatic heterocycles. The van der Waals surface area contributed by atoms with Crippen LogP contribution in [0.3, 0.4) is 0 Å². The first kappa shape index (κ1) is 31.8. The average molecular weight is 594 g/mol. The van der Waals surface area contributed by atoms with Crippen molar-refractivity contribution in [1.82, 2.24) is 9.88 Å². The standard InChI is InChI=1S/C28H27F4N3O7/c1-3-20(35-10-4-5-18(28(35)41)33-26(39)15-8-6-14(2)7-9-15)27(40)34-19(12-22(37)38)21(36)13-42-25-23(31)16(29)11-17(30)24(25)32/h4-6,8-11,14,19-20H,3,7,12-13H2,1-2H3,(H,33,39)(H,34,40)(H,37,38)/t14?,19-,20-/m0/s1. The van der Waals surface area contributed by atoms with E-state index in [1.165, 1.54) is 25.3 Å². The Hall–Kier alpha value is -4.75. The minimum atomic E-state index is -1.91. The highest BCUT2D eigenvalue weighted by Crippen LogP contribution is 2.26.